The number of carboxylic acids is 1. The molecule has 0 aromatic heterocycles. The van der Waals surface area contributed by atoms with Crippen molar-refractivity contribution < 1.29 is 34.2 Å². The zero-order valence-corrected chi connectivity index (χ0v) is 12.2. The van der Waals surface area contributed by atoms with Crippen molar-refractivity contribution in [3.05, 3.63) is 23.4 Å². The molecule has 0 aromatic rings. The molecule has 8 nitrogen and oxygen atoms in total. The Morgan fingerprint density at radius 1 is 1.52 bits per heavy atom. The van der Waals surface area contributed by atoms with Crippen molar-refractivity contribution in [2.75, 3.05) is 12.4 Å². The van der Waals surface area contributed by atoms with Crippen LogP contribution in [0.3, 0.4) is 0 Å². The molecule has 1 heterocycles. The summed E-state index contributed by atoms with van der Waals surface area (Å²) in [5.74, 6) is -1.46. The lowest BCUT2D eigenvalue weighted by Crippen LogP contribution is -2.47. The van der Waals surface area contributed by atoms with Gasteiger partial charge < -0.3 is 30.5 Å². The van der Waals surface area contributed by atoms with Crippen LogP contribution in [-0.2, 0) is 20.3 Å². The van der Waals surface area contributed by atoms with Gasteiger partial charge in [-0.2, -0.15) is 0 Å². The van der Waals surface area contributed by atoms with Crippen molar-refractivity contribution in [3.63, 3.8) is 0 Å². The summed E-state index contributed by atoms with van der Waals surface area (Å²) < 4.78 is 16.5. The van der Waals surface area contributed by atoms with Crippen LogP contribution in [0.15, 0.2) is 23.4 Å². The van der Waals surface area contributed by atoms with Crippen LogP contribution in [-0.4, -0.2) is 67.3 Å². The molecule has 0 radical (unpaired) electrons. The number of ether oxygens (including phenoxy) is 1. The Balaban J connectivity index is 2.70. The molecule has 0 saturated carbocycles. The minimum atomic E-state index is -1.46. The van der Waals surface area contributed by atoms with Gasteiger partial charge in [-0.05, 0) is 12.3 Å². The molecule has 1 saturated heterocycles. The number of carboxylic acid groups (broad SMARTS) is 1. The quantitative estimate of drug-likeness (QED) is 0.389. The highest BCUT2D eigenvalue weighted by molar-refractivity contribution is 7.88. The maximum absolute atomic E-state index is 11.5. The molecule has 0 amide bonds. The van der Waals surface area contributed by atoms with Gasteiger partial charge in [0, 0.05) is 17.0 Å². The Morgan fingerprint density at radius 3 is 2.76 bits per heavy atom. The third kappa shape index (κ3) is 5.12. The number of carbonyl (C=O) groups is 1. The highest BCUT2D eigenvalue weighted by atomic mass is 32.2. The topological polar surface area (TPSA) is 136 Å². The van der Waals surface area contributed by atoms with Crippen LogP contribution in [0.1, 0.15) is 6.92 Å². The van der Waals surface area contributed by atoms with Gasteiger partial charge in [0.1, 0.15) is 36.7 Å². The molecule has 1 aliphatic rings. The third-order valence-corrected chi connectivity index (χ3v) is 4.01. The fourth-order valence-electron chi connectivity index (χ4n) is 1.62. The Kier molecular flexibility index (Phi) is 6.82. The largest absolute Gasteiger partial charge is 0.491 e. The molecule has 21 heavy (non-hydrogen) atoms. The molecule has 0 aromatic carbocycles. The highest BCUT2D eigenvalue weighted by Gasteiger charge is 2.34. The molecule has 5 N–H and O–H groups in total. The molecule has 9 heteroatoms. The first-order valence-corrected chi connectivity index (χ1v) is 7.61. The van der Waals surface area contributed by atoms with E-state index in [0.717, 1.165) is 6.20 Å². The van der Waals surface area contributed by atoms with Crippen LogP contribution >= 0.6 is 0 Å². The van der Waals surface area contributed by atoms with Crippen molar-refractivity contribution in [3.8, 4) is 0 Å². The van der Waals surface area contributed by atoms with Gasteiger partial charge in [0.25, 0.3) is 0 Å². The number of aliphatic hydroxyl groups excluding tert-OH is 3. The van der Waals surface area contributed by atoms with E-state index in [4.69, 9.17) is 9.84 Å². The van der Waals surface area contributed by atoms with E-state index >= 15 is 0 Å². The second-order valence-corrected chi connectivity index (χ2v) is 5.80. The van der Waals surface area contributed by atoms with Crippen molar-refractivity contribution >= 4 is 16.8 Å². The third-order valence-electron chi connectivity index (χ3n) is 2.77. The highest BCUT2D eigenvalue weighted by Crippen LogP contribution is 2.18. The molecular formula is C12H19NO7S. The van der Waals surface area contributed by atoms with Crippen LogP contribution in [0.4, 0.5) is 0 Å². The number of rotatable bonds is 6. The lowest BCUT2D eigenvalue weighted by molar-refractivity contribution is -0.138. The molecule has 1 fully saturated rings. The van der Waals surface area contributed by atoms with E-state index in [9.17, 15) is 24.3 Å². The van der Waals surface area contributed by atoms with Gasteiger partial charge >= 0.3 is 5.97 Å². The zero-order valence-electron chi connectivity index (χ0n) is 11.4. The second kappa shape index (κ2) is 8.13. The SMILES string of the molecule is CC=CS(=O)CC(NC=C1OCC(O)C(O)C1O)C(=O)O. The molecule has 0 bridgehead atoms. The molecule has 5 unspecified atom stereocenters. The van der Waals surface area contributed by atoms with Gasteiger partial charge in [-0.15, -0.1) is 0 Å². The van der Waals surface area contributed by atoms with E-state index in [1.165, 1.54) is 5.41 Å². The lowest BCUT2D eigenvalue weighted by Gasteiger charge is -2.31. The smallest absolute Gasteiger partial charge is 0.327 e. The first-order valence-electron chi connectivity index (χ1n) is 6.22. The van der Waals surface area contributed by atoms with E-state index in [0.29, 0.717) is 0 Å². The molecule has 0 aliphatic carbocycles. The van der Waals surface area contributed by atoms with Crippen LogP contribution in [0, 0.1) is 0 Å². The van der Waals surface area contributed by atoms with Crippen molar-refractivity contribution in [2.24, 2.45) is 0 Å². The number of aliphatic hydroxyl groups is 3. The Labute approximate surface area is 124 Å². The molecule has 1 aliphatic heterocycles. The van der Waals surface area contributed by atoms with Crippen LogP contribution in [0.2, 0.25) is 0 Å². The summed E-state index contributed by atoms with van der Waals surface area (Å²) in [5, 5.41) is 41.3. The second-order valence-electron chi connectivity index (χ2n) is 4.43. The van der Waals surface area contributed by atoms with E-state index in [1.807, 2.05) is 0 Å². The minimum absolute atomic E-state index is 0.0872. The van der Waals surface area contributed by atoms with Gasteiger partial charge in [0.15, 0.2) is 0 Å². The van der Waals surface area contributed by atoms with Gasteiger partial charge in [0.2, 0.25) is 0 Å². The number of hydrogen-bond donors (Lipinski definition) is 5. The van der Waals surface area contributed by atoms with Gasteiger partial charge in [0.05, 0.1) is 5.75 Å². The number of nitrogens with one attached hydrogen (secondary N) is 1. The van der Waals surface area contributed by atoms with E-state index in [-0.39, 0.29) is 18.1 Å². The number of aliphatic carboxylic acids is 1. The Bertz CT molecular complexity index is 451. The molecule has 5 atom stereocenters. The van der Waals surface area contributed by atoms with Gasteiger partial charge in [-0.1, -0.05) is 6.08 Å². The Hall–Kier alpha value is -1.42. The standard InChI is InChI=1S/C12H19NO7S/c1-2-3-21(19)6-7(12(17)18)13-4-9-11(16)10(15)8(14)5-20-9/h2-4,7-8,10-11,13-16H,5-6H2,1H3,(H,17,18). The summed E-state index contributed by atoms with van der Waals surface area (Å²) in [6, 6.07) is -1.14. The first kappa shape index (κ1) is 17.6. The summed E-state index contributed by atoms with van der Waals surface area (Å²) in [6.45, 7) is 1.45. The molecule has 1 rings (SSSR count). The predicted octanol–water partition coefficient (Wildman–Crippen LogP) is -1.73. The monoisotopic (exact) mass is 321 g/mol. The van der Waals surface area contributed by atoms with E-state index < -0.39 is 41.1 Å². The Morgan fingerprint density at radius 2 is 2.19 bits per heavy atom. The number of allylic oxidation sites excluding steroid dienone is 1. The average Bonchev–Trinajstić information content (AvgIpc) is 2.42. The molecular weight excluding hydrogens is 302 g/mol. The van der Waals surface area contributed by atoms with Crippen LogP contribution in [0.5, 0.6) is 0 Å². The fourth-order valence-corrected chi connectivity index (χ4v) is 2.60. The fraction of sp³-hybridized carbons (Fsp3) is 0.583. The molecule has 0 spiro atoms. The molecule has 120 valence electrons. The summed E-state index contributed by atoms with van der Waals surface area (Å²) in [5.41, 5.74) is 0. The van der Waals surface area contributed by atoms with E-state index in [2.05, 4.69) is 5.32 Å². The van der Waals surface area contributed by atoms with Crippen molar-refractivity contribution in [1.29, 1.82) is 0 Å². The average molecular weight is 321 g/mol. The maximum atomic E-state index is 11.5. The summed E-state index contributed by atoms with van der Waals surface area (Å²) >= 11 is 0. The van der Waals surface area contributed by atoms with E-state index in [1.54, 1.807) is 13.0 Å². The van der Waals surface area contributed by atoms with Gasteiger partial charge in [-0.3, -0.25) is 4.21 Å². The maximum Gasteiger partial charge on any atom is 0.327 e. The van der Waals surface area contributed by atoms with Crippen LogP contribution < -0.4 is 5.32 Å². The normalized spacial score (nSPS) is 30.9. The summed E-state index contributed by atoms with van der Waals surface area (Å²) in [4.78, 5) is 11.1. The lowest BCUT2D eigenvalue weighted by atomic mass is 10.0. The predicted molar refractivity (Wildman–Crippen MR) is 74.4 cm³/mol. The number of hydrogen-bond acceptors (Lipinski definition) is 7. The van der Waals surface area contributed by atoms with Gasteiger partial charge in [-0.25, -0.2) is 4.79 Å². The van der Waals surface area contributed by atoms with Crippen LogP contribution in [0.25, 0.3) is 0 Å². The van der Waals surface area contributed by atoms with Crippen molar-refractivity contribution in [2.45, 2.75) is 31.3 Å². The zero-order chi connectivity index (χ0) is 16.0. The first-order chi connectivity index (χ1) is 9.86. The van der Waals surface area contributed by atoms with Crippen molar-refractivity contribution in [1.82, 2.24) is 5.32 Å². The summed E-state index contributed by atoms with van der Waals surface area (Å²) in [7, 11) is -1.44. The summed E-state index contributed by atoms with van der Waals surface area (Å²) in [6.07, 6.45) is -1.43. The minimum Gasteiger partial charge on any atom is -0.491 e.